The predicted octanol–water partition coefficient (Wildman–Crippen LogP) is 5.38. The zero-order chi connectivity index (χ0) is 21.5. The van der Waals surface area contributed by atoms with Crippen LogP contribution in [0.1, 0.15) is 22.8 Å². The molecule has 2 amide bonds. The van der Waals surface area contributed by atoms with Crippen LogP contribution in [0.2, 0.25) is 0 Å². The highest BCUT2D eigenvalue weighted by Gasteiger charge is 2.15. The summed E-state index contributed by atoms with van der Waals surface area (Å²) in [6, 6.07) is 22.2. The van der Waals surface area contributed by atoms with Crippen LogP contribution in [0.5, 0.6) is 5.75 Å². The van der Waals surface area contributed by atoms with E-state index in [1.807, 2.05) is 74.5 Å². The van der Waals surface area contributed by atoms with Gasteiger partial charge in [0.25, 0.3) is 5.91 Å². The fourth-order valence-corrected chi connectivity index (χ4v) is 3.68. The third kappa shape index (κ3) is 5.87. The van der Waals surface area contributed by atoms with E-state index in [0.29, 0.717) is 22.7 Å². The van der Waals surface area contributed by atoms with Crippen LogP contribution in [0.3, 0.4) is 0 Å². The number of anilines is 2. The number of methoxy groups -OCH3 is 1. The molecule has 0 heterocycles. The number of thioether (sulfide) groups is 1. The molecule has 0 aliphatic heterocycles. The molecule has 1 atom stereocenters. The first-order valence-electron chi connectivity index (χ1n) is 9.54. The highest BCUT2D eigenvalue weighted by molar-refractivity contribution is 8.00. The number of rotatable bonds is 7. The van der Waals surface area contributed by atoms with Crippen molar-refractivity contribution in [3.63, 3.8) is 0 Å². The van der Waals surface area contributed by atoms with Gasteiger partial charge >= 0.3 is 0 Å². The molecule has 0 bridgehead atoms. The largest absolute Gasteiger partial charge is 0.497 e. The standard InChI is InChI=1S/C24H24N2O3S/c1-16-6-4-7-18(14-16)24(28)25-19-10-12-22(13-11-19)30-17(2)23(27)26-20-8-5-9-21(15-20)29-3/h4-15,17H,1-3H3,(H,25,28)(H,26,27). The first-order valence-corrected chi connectivity index (χ1v) is 10.4. The summed E-state index contributed by atoms with van der Waals surface area (Å²) in [5, 5.41) is 5.50. The maximum Gasteiger partial charge on any atom is 0.255 e. The molecule has 3 rings (SSSR count). The minimum Gasteiger partial charge on any atom is -0.497 e. The summed E-state index contributed by atoms with van der Waals surface area (Å²) in [7, 11) is 1.59. The molecule has 154 valence electrons. The molecule has 1 unspecified atom stereocenters. The first-order chi connectivity index (χ1) is 14.4. The van der Waals surface area contributed by atoms with E-state index in [0.717, 1.165) is 10.5 Å². The lowest BCUT2D eigenvalue weighted by atomic mass is 10.1. The number of amides is 2. The number of carbonyl (C=O) groups excluding carboxylic acids is 2. The van der Waals surface area contributed by atoms with E-state index in [-0.39, 0.29) is 17.1 Å². The topological polar surface area (TPSA) is 67.4 Å². The third-order valence-corrected chi connectivity index (χ3v) is 5.52. The summed E-state index contributed by atoms with van der Waals surface area (Å²) in [6.07, 6.45) is 0. The van der Waals surface area contributed by atoms with Crippen LogP contribution < -0.4 is 15.4 Å². The zero-order valence-corrected chi connectivity index (χ0v) is 18.0. The Balaban J connectivity index is 1.56. The summed E-state index contributed by atoms with van der Waals surface area (Å²) >= 11 is 1.45. The van der Waals surface area contributed by atoms with Crippen LogP contribution in [0, 0.1) is 6.92 Å². The second kappa shape index (κ2) is 9.98. The SMILES string of the molecule is COc1cccc(NC(=O)C(C)Sc2ccc(NC(=O)c3cccc(C)c3)cc2)c1. The van der Waals surface area contributed by atoms with Crippen LogP contribution >= 0.6 is 11.8 Å². The van der Waals surface area contributed by atoms with Crippen molar-refractivity contribution < 1.29 is 14.3 Å². The molecule has 3 aromatic rings. The maximum absolute atomic E-state index is 12.5. The van der Waals surface area contributed by atoms with Gasteiger partial charge in [-0.05, 0) is 62.4 Å². The maximum atomic E-state index is 12.5. The highest BCUT2D eigenvalue weighted by Crippen LogP contribution is 2.26. The fraction of sp³-hybridized carbons (Fsp3) is 0.167. The molecule has 0 aromatic heterocycles. The predicted molar refractivity (Wildman–Crippen MR) is 123 cm³/mol. The van der Waals surface area contributed by atoms with Gasteiger partial charge in [0.1, 0.15) is 5.75 Å². The number of nitrogens with one attached hydrogen (secondary N) is 2. The molecule has 0 aliphatic carbocycles. The lowest BCUT2D eigenvalue weighted by Crippen LogP contribution is -2.22. The summed E-state index contributed by atoms with van der Waals surface area (Å²) in [4.78, 5) is 25.8. The van der Waals surface area contributed by atoms with Crippen LogP contribution in [-0.4, -0.2) is 24.2 Å². The van der Waals surface area contributed by atoms with Crippen molar-refractivity contribution in [3.8, 4) is 5.75 Å². The first kappa shape index (κ1) is 21.5. The molecule has 3 aromatic carbocycles. The van der Waals surface area contributed by atoms with Gasteiger partial charge in [0.05, 0.1) is 12.4 Å². The Hall–Kier alpha value is -3.25. The quantitative estimate of drug-likeness (QED) is 0.504. The van der Waals surface area contributed by atoms with Crippen LogP contribution in [-0.2, 0) is 4.79 Å². The van der Waals surface area contributed by atoms with Gasteiger partial charge in [-0.25, -0.2) is 0 Å². The van der Waals surface area contributed by atoms with Crippen molar-refractivity contribution >= 4 is 35.0 Å². The van der Waals surface area contributed by atoms with E-state index in [1.165, 1.54) is 11.8 Å². The molecule has 5 nitrogen and oxygen atoms in total. The van der Waals surface area contributed by atoms with E-state index in [2.05, 4.69) is 10.6 Å². The van der Waals surface area contributed by atoms with Crippen LogP contribution in [0.4, 0.5) is 11.4 Å². The molecule has 0 saturated heterocycles. The zero-order valence-electron chi connectivity index (χ0n) is 17.1. The Labute approximate surface area is 180 Å². The monoisotopic (exact) mass is 420 g/mol. The summed E-state index contributed by atoms with van der Waals surface area (Å²) in [6.45, 7) is 3.81. The normalized spacial score (nSPS) is 11.4. The van der Waals surface area contributed by atoms with Gasteiger partial charge in [-0.15, -0.1) is 11.8 Å². The second-order valence-corrected chi connectivity index (χ2v) is 8.24. The Kier molecular flexibility index (Phi) is 7.14. The molecular weight excluding hydrogens is 396 g/mol. The molecule has 30 heavy (non-hydrogen) atoms. The van der Waals surface area contributed by atoms with Crippen molar-refractivity contribution in [1.82, 2.24) is 0 Å². The van der Waals surface area contributed by atoms with Crippen LogP contribution in [0.25, 0.3) is 0 Å². The lowest BCUT2D eigenvalue weighted by Gasteiger charge is -2.13. The van der Waals surface area contributed by atoms with Crippen LogP contribution in [0.15, 0.2) is 77.7 Å². The van der Waals surface area contributed by atoms with E-state index >= 15 is 0 Å². The Bertz CT molecular complexity index is 1030. The van der Waals surface area contributed by atoms with Crippen molar-refractivity contribution in [2.75, 3.05) is 17.7 Å². The second-order valence-electron chi connectivity index (χ2n) is 6.83. The Morgan fingerprint density at radius 1 is 0.900 bits per heavy atom. The number of hydrogen-bond donors (Lipinski definition) is 2. The van der Waals surface area contributed by atoms with E-state index in [4.69, 9.17) is 4.74 Å². The number of ether oxygens (including phenoxy) is 1. The number of hydrogen-bond acceptors (Lipinski definition) is 4. The highest BCUT2D eigenvalue weighted by atomic mass is 32.2. The van der Waals surface area contributed by atoms with E-state index in [9.17, 15) is 9.59 Å². The number of aryl methyl sites for hydroxylation is 1. The molecule has 0 spiro atoms. The van der Waals surface area contributed by atoms with Gasteiger partial charge < -0.3 is 15.4 Å². The molecule has 0 aliphatic rings. The molecule has 0 saturated carbocycles. The molecule has 6 heteroatoms. The van der Waals surface area contributed by atoms with Gasteiger partial charge in [-0.3, -0.25) is 9.59 Å². The molecule has 0 radical (unpaired) electrons. The van der Waals surface area contributed by atoms with Gasteiger partial charge in [0.15, 0.2) is 0 Å². The van der Waals surface area contributed by atoms with E-state index in [1.54, 1.807) is 19.2 Å². The van der Waals surface area contributed by atoms with Gasteiger partial charge in [-0.1, -0.05) is 23.8 Å². The summed E-state index contributed by atoms with van der Waals surface area (Å²) < 4.78 is 5.18. The van der Waals surface area contributed by atoms with E-state index < -0.39 is 0 Å². The van der Waals surface area contributed by atoms with Crippen molar-refractivity contribution in [2.24, 2.45) is 0 Å². The lowest BCUT2D eigenvalue weighted by molar-refractivity contribution is -0.115. The minimum atomic E-state index is -0.288. The Morgan fingerprint density at radius 3 is 2.33 bits per heavy atom. The summed E-state index contributed by atoms with van der Waals surface area (Å²) in [5.41, 5.74) is 3.06. The number of benzene rings is 3. The fourth-order valence-electron chi connectivity index (χ4n) is 2.81. The average molecular weight is 421 g/mol. The average Bonchev–Trinajstić information content (AvgIpc) is 2.75. The van der Waals surface area contributed by atoms with Crippen molar-refractivity contribution in [2.45, 2.75) is 24.0 Å². The smallest absolute Gasteiger partial charge is 0.255 e. The molecule has 2 N–H and O–H groups in total. The van der Waals surface area contributed by atoms with Gasteiger partial charge in [0.2, 0.25) is 5.91 Å². The van der Waals surface area contributed by atoms with Crippen molar-refractivity contribution in [1.29, 1.82) is 0 Å². The third-order valence-electron chi connectivity index (χ3n) is 4.41. The molecular formula is C24H24N2O3S. The van der Waals surface area contributed by atoms with Gasteiger partial charge in [-0.2, -0.15) is 0 Å². The Morgan fingerprint density at radius 2 is 1.63 bits per heavy atom. The van der Waals surface area contributed by atoms with Crippen molar-refractivity contribution in [3.05, 3.63) is 83.9 Å². The summed E-state index contributed by atoms with van der Waals surface area (Å²) in [5.74, 6) is 0.451. The van der Waals surface area contributed by atoms with Gasteiger partial charge in [0, 0.05) is 27.9 Å². The minimum absolute atomic E-state index is 0.0925. The molecule has 0 fully saturated rings. The number of carbonyl (C=O) groups is 2.